The molecule has 2 aliphatic heterocycles. The van der Waals surface area contributed by atoms with Gasteiger partial charge in [0.1, 0.15) is 36.6 Å². The van der Waals surface area contributed by atoms with E-state index < -0.39 is 85.9 Å². The van der Waals surface area contributed by atoms with Gasteiger partial charge < -0.3 is 66.1 Å². The molecule has 0 bridgehead atoms. The minimum atomic E-state index is -1.63. The predicted molar refractivity (Wildman–Crippen MR) is 190 cm³/mol. The number of ether oxygens (including phenoxy) is 3. The summed E-state index contributed by atoms with van der Waals surface area (Å²) in [5, 5.41) is 84.6. The molecule has 2 aliphatic rings. The van der Waals surface area contributed by atoms with Gasteiger partial charge in [0.15, 0.2) is 12.4 Å². The number of carbonyl (C=O) groups is 3. The Morgan fingerprint density at radius 3 is 1.58 bits per heavy atom. The number of nitrogens with one attached hydrogen (secondary N) is 4. The van der Waals surface area contributed by atoms with Crippen molar-refractivity contribution in [2.45, 2.75) is 81.6 Å². The van der Waals surface area contributed by atoms with E-state index in [1.807, 2.05) is 4.93 Å². The molecule has 0 saturated heterocycles. The number of aliphatic hydroxyl groups is 6. The van der Waals surface area contributed by atoms with Crippen LogP contribution in [-0.4, -0.2) is 134 Å². The zero-order chi connectivity index (χ0) is 37.6. The molecule has 0 aromatic heterocycles. The summed E-state index contributed by atoms with van der Waals surface area (Å²) < 4.78 is 15.3. The number of hydrogen-bond donors (Lipinski definition) is 10. The SMILES string of the molecule is CC(=O)N[C@H]1[C@H]([C@H](O)[C@H](O)CO)OC(C)=C[C@@H]1NC#N.CI.COC(=O)C1=C[C@H](NC#N)[C@@H](NC(C)=O)[C@H]([C@H](O)[C@H](O)CO)O1.[I][V][I]. The van der Waals surface area contributed by atoms with Crippen LogP contribution in [0.15, 0.2) is 23.7 Å². The van der Waals surface area contributed by atoms with Crippen molar-refractivity contribution in [1.29, 1.82) is 10.5 Å². The first kappa shape index (κ1) is 48.7. The third-order valence-corrected chi connectivity index (χ3v) is 6.24. The van der Waals surface area contributed by atoms with E-state index in [1.54, 1.807) is 25.4 Å². The Morgan fingerprint density at radius 1 is 0.875 bits per heavy atom. The average molecular weight is 1060 g/mol. The Labute approximate surface area is 321 Å². The summed E-state index contributed by atoms with van der Waals surface area (Å²) in [6, 6.07) is -3.20. The molecule has 18 nitrogen and oxygen atoms in total. The predicted octanol–water partition coefficient (Wildman–Crippen LogP) is -2.13. The van der Waals surface area contributed by atoms with E-state index in [1.165, 1.54) is 19.9 Å². The van der Waals surface area contributed by atoms with Crippen molar-refractivity contribution in [3.8, 4) is 12.4 Å². The van der Waals surface area contributed by atoms with Crippen LogP contribution in [0, 0.1) is 22.9 Å². The minimum absolute atomic E-state index is 0.295. The van der Waals surface area contributed by atoms with Gasteiger partial charge in [-0.15, -0.1) is 0 Å². The monoisotopic (exact) mass is 1060 g/mol. The molecule has 0 saturated carbocycles. The summed E-state index contributed by atoms with van der Waals surface area (Å²) >= 11 is 6.89. The van der Waals surface area contributed by atoms with E-state index in [0.29, 0.717) is 15.2 Å². The second-order valence-corrected chi connectivity index (χ2v) is 21.3. The van der Waals surface area contributed by atoms with Crippen molar-refractivity contribution in [1.82, 2.24) is 21.3 Å². The number of hydrogen-bond acceptors (Lipinski definition) is 16. The van der Waals surface area contributed by atoms with Gasteiger partial charge >= 0.3 is 55.4 Å². The van der Waals surface area contributed by atoms with Gasteiger partial charge in [0, 0.05) is 13.8 Å². The molecule has 0 aliphatic carbocycles. The van der Waals surface area contributed by atoms with E-state index in [9.17, 15) is 34.8 Å². The molecule has 2 amide bonds. The first-order valence-corrected chi connectivity index (χ1v) is 24.7. The Morgan fingerprint density at radius 2 is 1.25 bits per heavy atom. The third-order valence-electron chi connectivity index (χ3n) is 6.24. The summed E-state index contributed by atoms with van der Waals surface area (Å²) in [5.74, 6) is -1.56. The fourth-order valence-corrected chi connectivity index (χ4v) is 4.28. The van der Waals surface area contributed by atoms with Gasteiger partial charge in [-0.05, 0) is 24.0 Å². The number of esters is 1. The number of rotatable bonds is 11. The zero-order valence-electron chi connectivity index (χ0n) is 26.5. The number of allylic oxidation sites excluding steroid dienone is 1. The normalized spacial score (nSPS) is 24.7. The fraction of sp³-hybridized carbons (Fsp3) is 0.654. The number of alkyl halides is 1. The van der Waals surface area contributed by atoms with E-state index in [4.69, 9.17) is 30.2 Å². The average Bonchev–Trinajstić information content (AvgIpc) is 3.06. The molecule has 2 heterocycles. The number of nitriles is 2. The van der Waals surface area contributed by atoms with Crippen LogP contribution in [0.2, 0.25) is 0 Å². The topological polar surface area (TPSA) is 296 Å². The molecule has 0 radical (unpaired) electrons. The van der Waals surface area contributed by atoms with Crippen LogP contribution in [-0.2, 0) is 38.1 Å². The number of nitrogens with zero attached hydrogens (tertiary/aromatic N) is 2. The van der Waals surface area contributed by atoms with Crippen molar-refractivity contribution in [3.63, 3.8) is 0 Å². The molecule has 10 N–H and O–H groups in total. The number of methoxy groups -OCH3 is 1. The Bertz CT molecular complexity index is 1140. The number of halogens is 3. The van der Waals surface area contributed by atoms with Crippen molar-refractivity contribution in [3.05, 3.63) is 23.7 Å². The van der Waals surface area contributed by atoms with Gasteiger partial charge in [-0.1, -0.05) is 22.6 Å². The molecule has 0 aromatic carbocycles. The summed E-state index contributed by atoms with van der Waals surface area (Å²) in [5.41, 5.74) is 0. The van der Waals surface area contributed by atoms with Crippen molar-refractivity contribution in [2.24, 2.45) is 0 Å². The van der Waals surface area contributed by atoms with Crippen molar-refractivity contribution < 1.29 is 68.7 Å². The molecule has 273 valence electrons. The van der Waals surface area contributed by atoms with Gasteiger partial charge in [0.05, 0.1) is 50.3 Å². The van der Waals surface area contributed by atoms with Gasteiger partial charge in [0.25, 0.3) is 0 Å². The molecule has 0 aromatic rings. The Hall–Kier alpha value is -1.40. The summed E-state index contributed by atoms with van der Waals surface area (Å²) in [6.45, 7) is 2.73. The van der Waals surface area contributed by atoms with Crippen LogP contribution in [0.1, 0.15) is 20.8 Å². The molecular formula is C26H41I3N6O12V. The van der Waals surface area contributed by atoms with Crippen LogP contribution in [0.4, 0.5) is 0 Å². The molecule has 0 fully saturated rings. The molecule has 0 unspecified atom stereocenters. The number of aliphatic hydroxyl groups excluding tert-OH is 6. The molecule has 22 heteroatoms. The number of amides is 2. The summed E-state index contributed by atoms with van der Waals surface area (Å²) in [7, 11) is 1.75. The molecular weight excluding hydrogens is 1020 g/mol. The summed E-state index contributed by atoms with van der Waals surface area (Å²) in [4.78, 5) is 36.2. The maximum atomic E-state index is 11.6. The first-order valence-electron chi connectivity index (χ1n) is 13.6. The van der Waals surface area contributed by atoms with E-state index in [0.717, 1.165) is 7.11 Å². The van der Waals surface area contributed by atoms with Gasteiger partial charge in [-0.2, -0.15) is 10.5 Å². The quantitative estimate of drug-likeness (QED) is 0.0348. The van der Waals surface area contributed by atoms with Crippen LogP contribution in [0.3, 0.4) is 0 Å². The number of carbonyl (C=O) groups excluding carboxylic acids is 3. The summed E-state index contributed by atoms with van der Waals surface area (Å²) in [6.07, 6.45) is -2.05. The second kappa shape index (κ2) is 27.3. The van der Waals surface area contributed by atoms with Crippen molar-refractivity contribution >= 4 is 80.3 Å². The zero-order valence-corrected chi connectivity index (χ0v) is 34.3. The third kappa shape index (κ3) is 17.0. The molecule has 48 heavy (non-hydrogen) atoms. The fourth-order valence-electron chi connectivity index (χ4n) is 4.28. The van der Waals surface area contributed by atoms with Gasteiger partial charge in [-0.25, -0.2) is 4.79 Å². The molecule has 10 atom stereocenters. The second-order valence-electron chi connectivity index (χ2n) is 9.53. The van der Waals surface area contributed by atoms with E-state index >= 15 is 0 Å². The van der Waals surface area contributed by atoms with Gasteiger partial charge in [0.2, 0.25) is 17.6 Å². The Kier molecular flexibility index (Phi) is 27.8. The van der Waals surface area contributed by atoms with Crippen LogP contribution in [0.25, 0.3) is 0 Å². The molecule has 0 spiro atoms. The Balaban J connectivity index is 0. The van der Waals surface area contributed by atoms with Crippen LogP contribution >= 0.6 is 62.5 Å². The van der Waals surface area contributed by atoms with E-state index in [2.05, 4.69) is 88.6 Å². The van der Waals surface area contributed by atoms with E-state index in [-0.39, 0.29) is 11.7 Å². The van der Waals surface area contributed by atoms with Gasteiger partial charge in [-0.3, -0.25) is 9.59 Å². The van der Waals surface area contributed by atoms with Crippen LogP contribution in [0.5, 0.6) is 0 Å². The standard InChI is InChI=1S/C13H19N3O7.C12H19N3O5.CH3I.2HI.V/c1-6(18)16-10-7(15-5-14)3-9(13(21)22-2)23-12(10)11(20)8(19)4-17;1-6-3-8(14-5-13)10(15-7(2)17)12(20-6)11(19)9(18)4-16;1-2;;;/h3,7-8,10-12,15,17,19-20H,4H2,1-2H3,(H,16,18);3,8-12,14,16,18-19H,4H2,1-2H3,(H,15,17);1H3;2*1H;/q;;;;;+2/p-2/t7-,8+,10+,11+,12+;8-,9+,10+,11+,12+;;;;/m00..../s1. The van der Waals surface area contributed by atoms with Crippen molar-refractivity contribution in [2.75, 3.05) is 25.3 Å². The molecule has 2 rings (SSSR count). The first-order chi connectivity index (χ1) is 22.7. The van der Waals surface area contributed by atoms with Crippen LogP contribution < -0.4 is 21.3 Å². The maximum absolute atomic E-state index is 11.6.